The molecule has 2 aromatic heterocycles. The molecule has 1 atom stereocenters. The first kappa shape index (κ1) is 24.7. The first-order valence-corrected chi connectivity index (χ1v) is 11.3. The minimum absolute atomic E-state index is 0.0690. The third-order valence-electron chi connectivity index (χ3n) is 4.97. The van der Waals surface area contributed by atoms with Crippen LogP contribution in [0.25, 0.3) is 16.7 Å². The summed E-state index contributed by atoms with van der Waals surface area (Å²) in [5.41, 5.74) is 6.64. The lowest BCUT2D eigenvalue weighted by molar-refractivity contribution is 0.0831. The van der Waals surface area contributed by atoms with Crippen LogP contribution in [0.2, 0.25) is 10.0 Å². The van der Waals surface area contributed by atoms with Crippen molar-refractivity contribution >= 4 is 51.7 Å². The van der Waals surface area contributed by atoms with Crippen molar-refractivity contribution in [3.63, 3.8) is 0 Å². The van der Waals surface area contributed by atoms with Gasteiger partial charge in [-0.1, -0.05) is 29.3 Å². The van der Waals surface area contributed by atoms with E-state index in [1.165, 1.54) is 6.20 Å². The van der Waals surface area contributed by atoms with E-state index >= 15 is 0 Å². The minimum atomic E-state index is -0.674. The average molecular weight is 516 g/mol. The molecule has 4 rings (SSSR count). The molecule has 0 aliphatic heterocycles. The maximum absolute atomic E-state index is 12.8. The Labute approximate surface area is 210 Å². The van der Waals surface area contributed by atoms with Crippen LogP contribution in [0.3, 0.4) is 0 Å². The summed E-state index contributed by atoms with van der Waals surface area (Å²) in [5.74, 6) is 0.910. The number of hydrogen-bond acceptors (Lipinski definition) is 9. The summed E-state index contributed by atoms with van der Waals surface area (Å²) >= 11 is 12.5. The van der Waals surface area contributed by atoms with Gasteiger partial charge in [0.05, 0.1) is 21.1 Å². The van der Waals surface area contributed by atoms with Crippen LogP contribution in [-0.2, 0) is 0 Å². The van der Waals surface area contributed by atoms with E-state index < -0.39 is 11.8 Å². The third-order valence-corrected chi connectivity index (χ3v) is 5.58. The number of aromatic nitrogens is 4. The fourth-order valence-corrected chi connectivity index (χ4v) is 3.98. The van der Waals surface area contributed by atoms with E-state index in [0.717, 1.165) is 4.57 Å². The highest BCUT2D eigenvalue weighted by molar-refractivity contribution is 6.37. The zero-order valence-corrected chi connectivity index (χ0v) is 20.5. The number of rotatable bonds is 8. The molecule has 182 valence electrons. The molecule has 0 saturated carbocycles. The number of nitrogens with two attached hydrogens (primary N) is 1. The van der Waals surface area contributed by atoms with E-state index in [2.05, 4.69) is 20.3 Å². The van der Waals surface area contributed by atoms with Gasteiger partial charge < -0.3 is 25.8 Å². The maximum atomic E-state index is 12.8. The second kappa shape index (κ2) is 10.4. The van der Waals surface area contributed by atoms with Crippen molar-refractivity contribution in [3.05, 3.63) is 69.2 Å². The maximum Gasteiger partial charge on any atom is 0.355 e. The van der Waals surface area contributed by atoms with Gasteiger partial charge in [-0.05, 0) is 50.5 Å². The Morgan fingerprint density at radius 2 is 1.83 bits per heavy atom. The summed E-state index contributed by atoms with van der Waals surface area (Å²) in [6.07, 6.45) is 0.879. The summed E-state index contributed by atoms with van der Waals surface area (Å²) in [5, 5.41) is 13.8. The molecular formula is C23H23Cl2N7O3. The zero-order valence-electron chi connectivity index (χ0n) is 18.9. The molecule has 0 aliphatic rings. The number of nitrogens with one attached hydrogen (secondary N) is 1. The minimum Gasteiger partial charge on any atom is -0.491 e. The van der Waals surface area contributed by atoms with Gasteiger partial charge in [-0.3, -0.25) is 0 Å². The Morgan fingerprint density at radius 1 is 1.14 bits per heavy atom. The van der Waals surface area contributed by atoms with Gasteiger partial charge in [0.25, 0.3) is 0 Å². The molecule has 4 aromatic rings. The van der Waals surface area contributed by atoms with E-state index in [1.807, 2.05) is 19.0 Å². The summed E-state index contributed by atoms with van der Waals surface area (Å²) < 4.78 is 6.74. The highest BCUT2D eigenvalue weighted by Crippen LogP contribution is 2.30. The lowest BCUT2D eigenvalue weighted by Crippen LogP contribution is -2.30. The van der Waals surface area contributed by atoms with Crippen LogP contribution in [0.15, 0.2) is 53.5 Å². The standard InChI is InChI=1S/C23H23Cl2N7O3/c1-31(2)11-14(33)12-35-15-8-6-13(7-9-15)28-22-27-10-16-20(26)32(23(34)30-21(16)29-22)19-17(24)4-3-5-18(19)25/h3-10,14,33H,11-12,26H2,1-2H3,(H,28,29,30,34). The van der Waals surface area contributed by atoms with Crippen molar-refractivity contribution in [2.24, 2.45) is 0 Å². The smallest absolute Gasteiger partial charge is 0.355 e. The fraction of sp³-hybridized carbons (Fsp3) is 0.217. The van der Waals surface area contributed by atoms with Gasteiger partial charge in [-0.25, -0.2) is 14.3 Å². The van der Waals surface area contributed by atoms with E-state index in [4.69, 9.17) is 33.7 Å². The van der Waals surface area contributed by atoms with Crippen molar-refractivity contribution < 1.29 is 9.84 Å². The lowest BCUT2D eigenvalue weighted by atomic mass is 10.3. The van der Waals surface area contributed by atoms with Gasteiger partial charge in [0.1, 0.15) is 24.3 Å². The summed E-state index contributed by atoms with van der Waals surface area (Å²) in [4.78, 5) is 27.3. The number of para-hydroxylation sites is 1. The molecule has 0 fully saturated rings. The Balaban J connectivity index is 1.54. The molecule has 0 bridgehead atoms. The molecule has 35 heavy (non-hydrogen) atoms. The number of fused-ring (bicyclic) bond motifs is 1. The van der Waals surface area contributed by atoms with E-state index in [1.54, 1.807) is 42.5 Å². The number of aliphatic hydroxyl groups is 1. The zero-order chi connectivity index (χ0) is 25.1. The summed E-state index contributed by atoms with van der Waals surface area (Å²) in [6.45, 7) is 0.691. The van der Waals surface area contributed by atoms with Crippen LogP contribution in [-0.4, -0.2) is 62.9 Å². The van der Waals surface area contributed by atoms with Gasteiger partial charge >= 0.3 is 5.69 Å². The normalized spacial score (nSPS) is 12.2. The monoisotopic (exact) mass is 515 g/mol. The topological polar surface area (TPSA) is 131 Å². The fourth-order valence-electron chi connectivity index (χ4n) is 3.41. The number of halogens is 2. The number of likely N-dealkylation sites (N-methyl/N-ethyl adjacent to an activating group) is 1. The average Bonchev–Trinajstić information content (AvgIpc) is 2.80. The van der Waals surface area contributed by atoms with Crippen molar-refractivity contribution in [1.82, 2.24) is 24.4 Å². The van der Waals surface area contributed by atoms with E-state index in [0.29, 0.717) is 23.4 Å². The first-order chi connectivity index (χ1) is 16.7. The number of nitrogens with zero attached hydrogens (tertiary/aromatic N) is 5. The molecule has 0 amide bonds. The molecule has 1 unspecified atom stereocenters. The van der Waals surface area contributed by atoms with Crippen LogP contribution in [0.5, 0.6) is 5.75 Å². The summed E-state index contributed by atoms with van der Waals surface area (Å²) in [7, 11) is 3.76. The van der Waals surface area contributed by atoms with E-state index in [9.17, 15) is 9.90 Å². The SMILES string of the molecule is CN(C)CC(O)COc1ccc(Nc2ncc3c(N)n(-c4c(Cl)cccc4Cl)c(=O)nc3n2)cc1. The second-order valence-corrected chi connectivity index (χ2v) is 8.81. The van der Waals surface area contributed by atoms with E-state index in [-0.39, 0.29) is 39.8 Å². The molecule has 0 aliphatic carbocycles. The molecule has 0 saturated heterocycles. The summed E-state index contributed by atoms with van der Waals surface area (Å²) in [6, 6.07) is 11.9. The molecule has 12 heteroatoms. The predicted octanol–water partition coefficient (Wildman–Crippen LogP) is 3.11. The largest absolute Gasteiger partial charge is 0.491 e. The Hall–Kier alpha value is -3.44. The van der Waals surface area contributed by atoms with Gasteiger partial charge in [-0.2, -0.15) is 9.97 Å². The van der Waals surface area contributed by atoms with Crippen LogP contribution in [0, 0.1) is 0 Å². The highest BCUT2D eigenvalue weighted by Gasteiger charge is 2.17. The Kier molecular flexibility index (Phi) is 7.37. The Morgan fingerprint density at radius 3 is 2.49 bits per heavy atom. The van der Waals surface area contributed by atoms with Crippen molar-refractivity contribution in [3.8, 4) is 11.4 Å². The molecule has 2 aromatic carbocycles. The number of nitrogen functional groups attached to an aromatic ring is 1. The van der Waals surface area contributed by atoms with Crippen molar-refractivity contribution in [2.75, 3.05) is 38.3 Å². The van der Waals surface area contributed by atoms with Crippen molar-refractivity contribution in [1.29, 1.82) is 0 Å². The first-order valence-electron chi connectivity index (χ1n) is 10.6. The van der Waals surface area contributed by atoms with Crippen LogP contribution >= 0.6 is 23.2 Å². The number of ether oxygens (including phenoxy) is 1. The van der Waals surface area contributed by atoms with Crippen LogP contribution < -0.4 is 21.5 Å². The number of benzene rings is 2. The van der Waals surface area contributed by atoms with Crippen LogP contribution in [0.4, 0.5) is 17.5 Å². The van der Waals surface area contributed by atoms with Crippen molar-refractivity contribution in [2.45, 2.75) is 6.10 Å². The molecule has 4 N–H and O–H groups in total. The molecular weight excluding hydrogens is 493 g/mol. The van der Waals surface area contributed by atoms with Gasteiger partial charge in [-0.15, -0.1) is 0 Å². The number of aliphatic hydroxyl groups excluding tert-OH is 1. The van der Waals surface area contributed by atoms with Gasteiger partial charge in [0, 0.05) is 18.4 Å². The molecule has 10 nitrogen and oxygen atoms in total. The predicted molar refractivity (Wildman–Crippen MR) is 137 cm³/mol. The molecule has 0 radical (unpaired) electrons. The third kappa shape index (κ3) is 5.63. The molecule has 2 heterocycles. The number of anilines is 3. The molecule has 0 spiro atoms. The van der Waals surface area contributed by atoms with Gasteiger partial charge in [0.2, 0.25) is 5.95 Å². The van der Waals surface area contributed by atoms with Crippen LogP contribution in [0.1, 0.15) is 0 Å². The highest BCUT2D eigenvalue weighted by atomic mass is 35.5. The Bertz CT molecular complexity index is 1390. The lowest BCUT2D eigenvalue weighted by Gasteiger charge is -2.16. The van der Waals surface area contributed by atoms with Gasteiger partial charge in [0.15, 0.2) is 5.65 Å². The quantitative estimate of drug-likeness (QED) is 0.323. The second-order valence-electron chi connectivity index (χ2n) is 7.99. The number of hydrogen-bond donors (Lipinski definition) is 3.